The molecule has 3 rings (SSSR count). The second-order valence-electron chi connectivity index (χ2n) is 6.10. The molecular formula is C21H24N4S. The summed E-state index contributed by atoms with van der Waals surface area (Å²) < 4.78 is 0. The lowest BCUT2D eigenvalue weighted by molar-refractivity contribution is 0.686. The number of aryl methyl sites for hydroxylation is 1. The predicted molar refractivity (Wildman–Crippen MR) is 110 cm³/mol. The Kier molecular flexibility index (Phi) is 6.02. The lowest BCUT2D eigenvalue weighted by Gasteiger charge is -2.18. The Morgan fingerprint density at radius 3 is 2.38 bits per heavy atom. The zero-order valence-electron chi connectivity index (χ0n) is 15.4. The van der Waals surface area contributed by atoms with Crippen molar-refractivity contribution in [3.63, 3.8) is 0 Å². The van der Waals surface area contributed by atoms with Gasteiger partial charge in [-0.3, -0.25) is 4.99 Å². The molecule has 1 aromatic heterocycles. The number of hydrogen-bond donors (Lipinski definition) is 2. The molecule has 0 aliphatic carbocycles. The van der Waals surface area contributed by atoms with Gasteiger partial charge in [-0.05, 0) is 19.4 Å². The minimum absolute atomic E-state index is 0.185. The molecule has 0 bridgehead atoms. The summed E-state index contributed by atoms with van der Waals surface area (Å²) in [6.45, 7) is 4.90. The molecule has 0 saturated heterocycles. The Morgan fingerprint density at radius 2 is 1.73 bits per heavy atom. The molecule has 2 N–H and O–H groups in total. The van der Waals surface area contributed by atoms with Crippen LogP contribution >= 0.6 is 11.3 Å². The fourth-order valence-electron chi connectivity index (χ4n) is 2.69. The van der Waals surface area contributed by atoms with Gasteiger partial charge in [0.25, 0.3) is 0 Å². The van der Waals surface area contributed by atoms with Crippen LogP contribution in [0.1, 0.15) is 29.1 Å². The van der Waals surface area contributed by atoms with Gasteiger partial charge in [-0.2, -0.15) is 0 Å². The molecule has 2 aromatic carbocycles. The highest BCUT2D eigenvalue weighted by atomic mass is 32.1. The number of guanidine groups is 1. The molecule has 26 heavy (non-hydrogen) atoms. The zero-order valence-corrected chi connectivity index (χ0v) is 16.2. The quantitative estimate of drug-likeness (QED) is 0.516. The van der Waals surface area contributed by atoms with Gasteiger partial charge in [0.1, 0.15) is 5.01 Å². The van der Waals surface area contributed by atoms with Crippen LogP contribution in [0.4, 0.5) is 0 Å². The van der Waals surface area contributed by atoms with E-state index in [1.165, 1.54) is 10.4 Å². The number of hydrogen-bond acceptors (Lipinski definition) is 3. The van der Waals surface area contributed by atoms with Gasteiger partial charge in [0.15, 0.2) is 5.96 Å². The molecule has 0 aliphatic heterocycles. The normalized spacial score (nSPS) is 12.7. The highest BCUT2D eigenvalue weighted by Gasteiger charge is 2.11. The Labute approximate surface area is 159 Å². The Balaban J connectivity index is 1.63. The van der Waals surface area contributed by atoms with Crippen molar-refractivity contribution in [1.82, 2.24) is 15.6 Å². The lowest BCUT2D eigenvalue weighted by atomic mass is 10.1. The maximum absolute atomic E-state index is 4.71. The van der Waals surface area contributed by atoms with Crippen LogP contribution in [0.2, 0.25) is 0 Å². The largest absolute Gasteiger partial charge is 0.351 e. The van der Waals surface area contributed by atoms with Gasteiger partial charge >= 0.3 is 0 Å². The zero-order chi connectivity index (χ0) is 18.4. The minimum atomic E-state index is 0.185. The first-order valence-corrected chi connectivity index (χ1v) is 9.53. The third-order valence-corrected chi connectivity index (χ3v) is 5.41. The van der Waals surface area contributed by atoms with Gasteiger partial charge < -0.3 is 10.6 Å². The smallest absolute Gasteiger partial charge is 0.191 e. The highest BCUT2D eigenvalue weighted by molar-refractivity contribution is 7.15. The van der Waals surface area contributed by atoms with Crippen LogP contribution in [0.25, 0.3) is 10.6 Å². The summed E-state index contributed by atoms with van der Waals surface area (Å²) in [6, 6.07) is 20.8. The third kappa shape index (κ3) is 4.49. The molecule has 4 nitrogen and oxygen atoms in total. The summed E-state index contributed by atoms with van der Waals surface area (Å²) in [4.78, 5) is 10.3. The van der Waals surface area contributed by atoms with E-state index in [1.54, 1.807) is 18.4 Å². The molecule has 134 valence electrons. The predicted octanol–water partition coefficient (Wildman–Crippen LogP) is 4.54. The van der Waals surface area contributed by atoms with Gasteiger partial charge in [0.05, 0.1) is 18.3 Å². The molecule has 1 heterocycles. The van der Waals surface area contributed by atoms with Gasteiger partial charge in [0.2, 0.25) is 0 Å². The molecule has 0 spiro atoms. The average molecular weight is 365 g/mol. The van der Waals surface area contributed by atoms with Crippen molar-refractivity contribution in [3.8, 4) is 10.6 Å². The van der Waals surface area contributed by atoms with Crippen LogP contribution in [0.15, 0.2) is 65.7 Å². The Hall–Kier alpha value is -2.66. The molecule has 3 aromatic rings. The van der Waals surface area contributed by atoms with Gasteiger partial charge in [-0.1, -0.05) is 60.7 Å². The van der Waals surface area contributed by atoms with E-state index >= 15 is 0 Å². The van der Waals surface area contributed by atoms with Crippen LogP contribution in [0.3, 0.4) is 0 Å². The third-order valence-electron chi connectivity index (χ3n) is 4.21. The summed E-state index contributed by atoms with van der Waals surface area (Å²) in [6.07, 6.45) is 0. The maximum Gasteiger partial charge on any atom is 0.191 e. The topological polar surface area (TPSA) is 49.3 Å². The van der Waals surface area contributed by atoms with Gasteiger partial charge in [0, 0.05) is 17.5 Å². The SMILES string of the molecule is CN=C(NCc1sc(-c2ccccc2)nc1C)NC(C)c1ccccc1. The molecule has 5 heteroatoms. The minimum Gasteiger partial charge on any atom is -0.351 e. The van der Waals surface area contributed by atoms with Gasteiger partial charge in [-0.25, -0.2) is 4.98 Å². The number of rotatable bonds is 5. The van der Waals surface area contributed by atoms with Gasteiger partial charge in [-0.15, -0.1) is 11.3 Å². The standard InChI is InChI=1S/C21H24N4S/c1-15(17-10-6-4-7-11-17)25-21(22-3)23-14-19-16(2)24-20(26-19)18-12-8-5-9-13-18/h4-13,15H,14H2,1-3H3,(H2,22,23,25). The molecule has 0 aliphatic rings. The first kappa shape index (κ1) is 18.1. The molecule has 0 radical (unpaired) electrons. The van der Waals surface area contributed by atoms with Crippen LogP contribution in [0.5, 0.6) is 0 Å². The monoisotopic (exact) mass is 364 g/mol. The molecule has 1 unspecified atom stereocenters. The summed E-state index contributed by atoms with van der Waals surface area (Å²) in [5.41, 5.74) is 3.45. The second-order valence-corrected chi connectivity index (χ2v) is 7.18. The van der Waals surface area contributed by atoms with E-state index in [4.69, 9.17) is 4.98 Å². The second kappa shape index (κ2) is 8.63. The number of benzene rings is 2. The number of thiazole rings is 1. The fourth-order valence-corrected chi connectivity index (χ4v) is 3.69. The van der Waals surface area contributed by atoms with Crippen molar-refractivity contribution in [2.75, 3.05) is 7.05 Å². The highest BCUT2D eigenvalue weighted by Crippen LogP contribution is 2.27. The summed E-state index contributed by atoms with van der Waals surface area (Å²) in [5.74, 6) is 0.787. The number of nitrogens with zero attached hydrogens (tertiary/aromatic N) is 2. The van der Waals surface area contributed by atoms with Crippen molar-refractivity contribution in [2.45, 2.75) is 26.4 Å². The van der Waals surface area contributed by atoms with Crippen molar-refractivity contribution in [3.05, 3.63) is 76.8 Å². The lowest BCUT2D eigenvalue weighted by Crippen LogP contribution is -2.38. The van der Waals surface area contributed by atoms with E-state index < -0.39 is 0 Å². The van der Waals surface area contributed by atoms with Crippen molar-refractivity contribution >= 4 is 17.3 Å². The van der Waals surface area contributed by atoms with Crippen molar-refractivity contribution in [2.24, 2.45) is 4.99 Å². The van der Waals surface area contributed by atoms with Crippen LogP contribution in [-0.4, -0.2) is 18.0 Å². The Morgan fingerprint density at radius 1 is 1.08 bits per heavy atom. The van der Waals surface area contributed by atoms with Crippen LogP contribution in [0, 0.1) is 6.92 Å². The molecule has 1 atom stereocenters. The fraction of sp³-hybridized carbons (Fsp3) is 0.238. The average Bonchev–Trinajstić information content (AvgIpc) is 3.07. The van der Waals surface area contributed by atoms with E-state index in [0.29, 0.717) is 6.54 Å². The maximum atomic E-state index is 4.71. The first-order chi connectivity index (χ1) is 12.7. The molecular weight excluding hydrogens is 340 g/mol. The van der Waals surface area contributed by atoms with E-state index in [1.807, 2.05) is 24.3 Å². The molecule has 0 amide bonds. The number of aromatic nitrogens is 1. The summed E-state index contributed by atoms with van der Waals surface area (Å²) in [7, 11) is 1.79. The van der Waals surface area contributed by atoms with Crippen molar-refractivity contribution < 1.29 is 0 Å². The van der Waals surface area contributed by atoms with E-state index in [9.17, 15) is 0 Å². The summed E-state index contributed by atoms with van der Waals surface area (Å²) >= 11 is 1.72. The summed E-state index contributed by atoms with van der Waals surface area (Å²) in [5, 5.41) is 7.89. The van der Waals surface area contributed by atoms with E-state index in [2.05, 4.69) is 65.9 Å². The first-order valence-electron chi connectivity index (χ1n) is 8.71. The van der Waals surface area contributed by atoms with Crippen LogP contribution < -0.4 is 10.6 Å². The van der Waals surface area contributed by atoms with Crippen LogP contribution in [-0.2, 0) is 6.54 Å². The number of aliphatic imine (C=N–C) groups is 1. The van der Waals surface area contributed by atoms with E-state index in [-0.39, 0.29) is 6.04 Å². The number of nitrogens with one attached hydrogen (secondary N) is 2. The van der Waals surface area contributed by atoms with Crippen molar-refractivity contribution in [1.29, 1.82) is 0 Å². The molecule has 0 fully saturated rings. The Bertz CT molecular complexity index is 856. The molecule has 0 saturated carbocycles. The van der Waals surface area contributed by atoms with E-state index in [0.717, 1.165) is 22.2 Å².